The van der Waals surface area contributed by atoms with E-state index >= 15 is 0 Å². The van der Waals surface area contributed by atoms with Gasteiger partial charge in [-0.2, -0.15) is 5.26 Å². The third-order valence-electron chi connectivity index (χ3n) is 2.16. The van der Waals surface area contributed by atoms with Gasteiger partial charge in [0.15, 0.2) is 0 Å². The molecule has 0 fully saturated rings. The summed E-state index contributed by atoms with van der Waals surface area (Å²) in [5.74, 6) is -0.378. The predicted molar refractivity (Wildman–Crippen MR) is 59.6 cm³/mol. The van der Waals surface area contributed by atoms with Gasteiger partial charge in [-0.05, 0) is 24.6 Å². The van der Waals surface area contributed by atoms with Crippen molar-refractivity contribution in [2.45, 2.75) is 13.5 Å². The van der Waals surface area contributed by atoms with E-state index in [1.165, 1.54) is 19.2 Å². The number of hydrogen-bond donors (Lipinski definition) is 1. The summed E-state index contributed by atoms with van der Waals surface area (Å²) < 4.78 is 9.89. The van der Waals surface area contributed by atoms with Crippen LogP contribution in [0.4, 0.5) is 0 Å². The normalized spacial score (nSPS) is 9.53. The Morgan fingerprint density at radius 1 is 1.53 bits per heavy atom. The van der Waals surface area contributed by atoms with Gasteiger partial charge in [-0.1, -0.05) is 0 Å². The van der Waals surface area contributed by atoms with E-state index in [-0.39, 0.29) is 30.1 Å². The summed E-state index contributed by atoms with van der Waals surface area (Å²) in [4.78, 5) is 11.7. The highest BCUT2D eigenvalue weighted by Gasteiger charge is 2.19. The fraction of sp³-hybridized carbons (Fsp3) is 0.333. The summed E-state index contributed by atoms with van der Waals surface area (Å²) >= 11 is 0. The van der Waals surface area contributed by atoms with Crippen molar-refractivity contribution in [1.29, 1.82) is 5.26 Å². The largest absolute Gasteiger partial charge is 0.496 e. The number of carbonyl (C=O) groups excluding carboxylic acids is 1. The van der Waals surface area contributed by atoms with E-state index in [2.05, 4.69) is 0 Å². The second-order valence-electron chi connectivity index (χ2n) is 3.21. The van der Waals surface area contributed by atoms with Crippen molar-refractivity contribution < 1.29 is 19.4 Å². The average molecular weight is 235 g/mol. The first kappa shape index (κ1) is 13.0. The molecule has 1 aromatic rings. The van der Waals surface area contributed by atoms with Crippen LogP contribution in [0.2, 0.25) is 0 Å². The first-order valence-electron chi connectivity index (χ1n) is 5.06. The molecule has 0 heterocycles. The van der Waals surface area contributed by atoms with Crippen molar-refractivity contribution in [3.63, 3.8) is 0 Å². The zero-order valence-electron chi connectivity index (χ0n) is 9.69. The van der Waals surface area contributed by atoms with Gasteiger partial charge in [0.2, 0.25) is 0 Å². The first-order valence-corrected chi connectivity index (χ1v) is 5.06. The lowest BCUT2D eigenvalue weighted by Crippen LogP contribution is -2.10. The number of esters is 1. The molecule has 1 N–H and O–H groups in total. The Kier molecular flexibility index (Phi) is 4.49. The van der Waals surface area contributed by atoms with Gasteiger partial charge < -0.3 is 14.6 Å². The molecule has 0 bridgehead atoms. The second-order valence-corrected chi connectivity index (χ2v) is 3.21. The molecule has 0 atom stereocenters. The van der Waals surface area contributed by atoms with Crippen molar-refractivity contribution in [2.75, 3.05) is 13.7 Å². The molecule has 0 radical (unpaired) electrons. The lowest BCUT2D eigenvalue weighted by atomic mass is 10.0. The minimum atomic E-state index is -0.606. The first-order chi connectivity index (χ1) is 8.17. The summed E-state index contributed by atoms with van der Waals surface area (Å²) in [5, 5.41) is 18.0. The predicted octanol–water partition coefficient (Wildman–Crippen LogP) is 1.24. The Bertz CT molecular complexity index is 462. The van der Waals surface area contributed by atoms with Crippen LogP contribution in [0.5, 0.6) is 5.75 Å². The molecule has 5 nitrogen and oxygen atoms in total. The van der Waals surface area contributed by atoms with E-state index in [0.717, 1.165) is 0 Å². The van der Waals surface area contributed by atoms with Crippen molar-refractivity contribution in [3.05, 3.63) is 28.8 Å². The number of aliphatic hydroxyl groups is 1. The topological polar surface area (TPSA) is 79.6 Å². The summed E-state index contributed by atoms with van der Waals surface area (Å²) in [6, 6.07) is 4.84. The molecule has 1 aromatic carbocycles. The number of nitrogens with zero attached hydrogens (tertiary/aromatic N) is 1. The van der Waals surface area contributed by atoms with Crippen molar-refractivity contribution in [1.82, 2.24) is 0 Å². The zero-order valence-corrected chi connectivity index (χ0v) is 9.69. The van der Waals surface area contributed by atoms with Gasteiger partial charge in [-0.15, -0.1) is 0 Å². The van der Waals surface area contributed by atoms with Crippen LogP contribution in [-0.4, -0.2) is 24.8 Å². The van der Waals surface area contributed by atoms with Crippen molar-refractivity contribution in [3.8, 4) is 11.8 Å². The molecule has 0 aliphatic heterocycles. The molecule has 17 heavy (non-hydrogen) atoms. The number of benzene rings is 1. The standard InChI is InChI=1S/C12H13NO4/c1-3-17-12(15)11-9(6-13)4-8(7-14)5-10(11)16-2/h4-5,14H,3,7H2,1-2H3. The molecule has 1 rings (SSSR count). The highest BCUT2D eigenvalue weighted by Crippen LogP contribution is 2.25. The molecule has 5 heteroatoms. The molecule has 0 saturated heterocycles. The van der Waals surface area contributed by atoms with Gasteiger partial charge in [0.05, 0.1) is 25.9 Å². The molecule has 0 spiro atoms. The highest BCUT2D eigenvalue weighted by molar-refractivity contribution is 5.95. The highest BCUT2D eigenvalue weighted by atomic mass is 16.5. The van der Waals surface area contributed by atoms with E-state index in [9.17, 15) is 4.79 Å². The van der Waals surface area contributed by atoms with E-state index in [1.807, 2.05) is 6.07 Å². The Morgan fingerprint density at radius 2 is 2.24 bits per heavy atom. The molecule has 0 amide bonds. The maximum Gasteiger partial charge on any atom is 0.343 e. The second kappa shape index (κ2) is 5.87. The maximum atomic E-state index is 11.7. The summed E-state index contributed by atoms with van der Waals surface area (Å²) in [5.41, 5.74) is 0.729. The smallest absolute Gasteiger partial charge is 0.343 e. The van der Waals surface area contributed by atoms with E-state index in [1.54, 1.807) is 6.92 Å². The molecule has 0 aliphatic rings. The lowest BCUT2D eigenvalue weighted by Gasteiger charge is -2.11. The van der Waals surface area contributed by atoms with Crippen LogP contribution >= 0.6 is 0 Å². The monoisotopic (exact) mass is 235 g/mol. The third-order valence-corrected chi connectivity index (χ3v) is 2.16. The van der Waals surface area contributed by atoms with Crippen molar-refractivity contribution >= 4 is 5.97 Å². The third kappa shape index (κ3) is 2.74. The van der Waals surface area contributed by atoms with Crippen LogP contribution in [0, 0.1) is 11.3 Å². The Morgan fingerprint density at radius 3 is 2.71 bits per heavy atom. The van der Waals surface area contributed by atoms with Crippen LogP contribution in [0.1, 0.15) is 28.4 Å². The Hall–Kier alpha value is -2.06. The SMILES string of the molecule is CCOC(=O)c1c(C#N)cc(CO)cc1OC. The van der Waals surface area contributed by atoms with E-state index in [4.69, 9.17) is 19.8 Å². The van der Waals surface area contributed by atoms with Crippen LogP contribution in [0.15, 0.2) is 12.1 Å². The van der Waals surface area contributed by atoms with Crippen LogP contribution in [0.3, 0.4) is 0 Å². The quantitative estimate of drug-likeness (QED) is 0.794. The van der Waals surface area contributed by atoms with Gasteiger partial charge in [-0.3, -0.25) is 0 Å². The van der Waals surface area contributed by atoms with Crippen LogP contribution < -0.4 is 4.74 Å². The molecule has 0 aliphatic carbocycles. The minimum absolute atomic E-state index is 0.0917. The molecule has 90 valence electrons. The number of methoxy groups -OCH3 is 1. The molecule has 0 saturated carbocycles. The molecular formula is C12H13NO4. The van der Waals surface area contributed by atoms with Gasteiger partial charge >= 0.3 is 5.97 Å². The number of nitriles is 1. The maximum absolute atomic E-state index is 11.7. The number of rotatable bonds is 4. The van der Waals surface area contributed by atoms with E-state index in [0.29, 0.717) is 5.56 Å². The number of ether oxygens (including phenoxy) is 2. The zero-order chi connectivity index (χ0) is 12.8. The fourth-order valence-corrected chi connectivity index (χ4v) is 1.43. The van der Waals surface area contributed by atoms with Gasteiger partial charge in [0, 0.05) is 0 Å². The number of carbonyl (C=O) groups is 1. The molecular weight excluding hydrogens is 222 g/mol. The number of aliphatic hydroxyl groups excluding tert-OH is 1. The number of hydrogen-bond acceptors (Lipinski definition) is 5. The van der Waals surface area contributed by atoms with Crippen LogP contribution in [-0.2, 0) is 11.3 Å². The summed E-state index contributed by atoms with van der Waals surface area (Å²) in [7, 11) is 1.39. The average Bonchev–Trinajstić information content (AvgIpc) is 2.37. The Balaban J connectivity index is 3.35. The summed E-state index contributed by atoms with van der Waals surface area (Å²) in [6.45, 7) is 1.67. The Labute approximate surface area is 99.2 Å². The van der Waals surface area contributed by atoms with Gasteiger partial charge in [0.25, 0.3) is 0 Å². The van der Waals surface area contributed by atoms with Gasteiger partial charge in [0.1, 0.15) is 17.4 Å². The lowest BCUT2D eigenvalue weighted by molar-refractivity contribution is 0.0522. The minimum Gasteiger partial charge on any atom is -0.496 e. The van der Waals surface area contributed by atoms with Gasteiger partial charge in [-0.25, -0.2) is 4.79 Å². The summed E-state index contributed by atoms with van der Waals surface area (Å²) in [6.07, 6.45) is 0. The van der Waals surface area contributed by atoms with Crippen LogP contribution in [0.25, 0.3) is 0 Å². The molecule has 0 unspecified atom stereocenters. The molecule has 0 aromatic heterocycles. The van der Waals surface area contributed by atoms with E-state index < -0.39 is 5.97 Å². The fourth-order valence-electron chi connectivity index (χ4n) is 1.43. The van der Waals surface area contributed by atoms with Crippen molar-refractivity contribution in [2.24, 2.45) is 0 Å².